The smallest absolute Gasteiger partial charge is 0.188 e. The van der Waals surface area contributed by atoms with Crippen LogP contribution in [0.15, 0.2) is 48.9 Å². The summed E-state index contributed by atoms with van der Waals surface area (Å²) in [4.78, 5) is 4.57. The molecule has 31 heavy (non-hydrogen) atoms. The Hall–Kier alpha value is -3.33. The van der Waals surface area contributed by atoms with E-state index in [2.05, 4.69) is 37.1 Å². The molecule has 0 spiro atoms. The third-order valence-electron chi connectivity index (χ3n) is 6.16. The first-order chi connectivity index (χ1) is 15.0. The largest absolute Gasteiger partial charge is 0.329 e. The number of aromatic nitrogens is 6. The van der Waals surface area contributed by atoms with E-state index in [0.29, 0.717) is 18.7 Å². The van der Waals surface area contributed by atoms with E-state index in [1.165, 1.54) is 0 Å². The summed E-state index contributed by atoms with van der Waals surface area (Å²) in [6.45, 7) is 2.01. The molecule has 0 bridgehead atoms. The fraction of sp³-hybridized carbons (Fsp3) is 0.273. The molecule has 0 N–H and O–H groups in total. The average molecular weight is 433 g/mol. The number of sulfone groups is 1. The number of para-hydroxylation sites is 1. The van der Waals surface area contributed by atoms with Gasteiger partial charge in [-0.1, -0.05) is 18.2 Å². The van der Waals surface area contributed by atoms with E-state index in [1.54, 1.807) is 0 Å². The Balaban J connectivity index is 1.55. The summed E-state index contributed by atoms with van der Waals surface area (Å²) in [6, 6.07) is 10.1. The summed E-state index contributed by atoms with van der Waals surface area (Å²) in [6.07, 6.45) is 6.88. The molecule has 1 saturated heterocycles. The fourth-order valence-electron chi connectivity index (χ4n) is 4.53. The molecule has 6 rings (SSSR count). The van der Waals surface area contributed by atoms with Gasteiger partial charge in [-0.15, -0.1) is 10.2 Å². The van der Waals surface area contributed by atoms with Gasteiger partial charge < -0.3 is 4.57 Å². The number of benzene rings is 1. The van der Waals surface area contributed by atoms with E-state index >= 15 is 0 Å². The highest BCUT2D eigenvalue weighted by Crippen LogP contribution is 2.36. The van der Waals surface area contributed by atoms with Crippen LogP contribution in [-0.2, 0) is 9.84 Å². The molecule has 9 heteroatoms. The van der Waals surface area contributed by atoms with Gasteiger partial charge in [0.25, 0.3) is 0 Å². The van der Waals surface area contributed by atoms with E-state index in [1.807, 2.05) is 48.1 Å². The van der Waals surface area contributed by atoms with Gasteiger partial charge in [0.1, 0.15) is 21.2 Å². The Labute approximate surface area is 178 Å². The molecule has 0 atom stereocenters. The minimum absolute atomic E-state index is 0.0864. The van der Waals surface area contributed by atoms with Crippen molar-refractivity contribution in [3.8, 4) is 22.6 Å². The molecule has 0 unspecified atom stereocenters. The zero-order valence-corrected chi connectivity index (χ0v) is 17.7. The van der Waals surface area contributed by atoms with Crippen LogP contribution in [0.4, 0.5) is 0 Å². The van der Waals surface area contributed by atoms with Gasteiger partial charge in [0, 0.05) is 34.9 Å². The zero-order valence-electron chi connectivity index (χ0n) is 16.9. The first kappa shape index (κ1) is 18.4. The van der Waals surface area contributed by atoms with Gasteiger partial charge in [0.2, 0.25) is 0 Å². The molecule has 3 aliphatic rings. The lowest BCUT2D eigenvalue weighted by Gasteiger charge is -2.26. The number of fused-ring (bicyclic) bond motifs is 4. The highest BCUT2D eigenvalue weighted by Gasteiger charge is 2.29. The predicted octanol–water partition coefficient (Wildman–Crippen LogP) is 3.30. The summed E-state index contributed by atoms with van der Waals surface area (Å²) >= 11 is 0. The minimum Gasteiger partial charge on any atom is -0.329 e. The van der Waals surface area contributed by atoms with Crippen LogP contribution in [0.5, 0.6) is 0 Å². The van der Waals surface area contributed by atoms with Crippen molar-refractivity contribution in [1.29, 1.82) is 0 Å². The molecule has 1 aromatic carbocycles. The number of hydrogen-bond donors (Lipinski definition) is 0. The maximum Gasteiger partial charge on any atom is 0.188 e. The molecule has 0 saturated carbocycles. The van der Waals surface area contributed by atoms with Crippen molar-refractivity contribution in [1.82, 2.24) is 29.4 Å². The Kier molecular flexibility index (Phi) is 3.92. The molecule has 3 aliphatic heterocycles. The van der Waals surface area contributed by atoms with Crippen molar-refractivity contribution < 1.29 is 8.42 Å². The summed E-state index contributed by atoms with van der Waals surface area (Å²) in [5.74, 6) is 1.10. The van der Waals surface area contributed by atoms with E-state index in [0.717, 1.165) is 38.9 Å². The van der Waals surface area contributed by atoms with Gasteiger partial charge in [-0.05, 0) is 31.9 Å². The van der Waals surface area contributed by atoms with Crippen molar-refractivity contribution in [2.45, 2.75) is 25.8 Å². The summed E-state index contributed by atoms with van der Waals surface area (Å²) in [5.41, 5.74) is 5.40. The van der Waals surface area contributed by atoms with Crippen LogP contribution in [0.25, 0.3) is 39.2 Å². The molecule has 1 fully saturated rings. The minimum atomic E-state index is -2.95. The SMILES string of the molecule is Cc1cnn2c3nnc(-c4cnc5ccccc5c4)c-3cn(C3CCS(=O)(=O)CC3)c12. The normalized spacial score (nSPS) is 17.1. The van der Waals surface area contributed by atoms with Crippen molar-refractivity contribution in [2.24, 2.45) is 0 Å². The second-order valence-electron chi connectivity index (χ2n) is 8.18. The predicted molar refractivity (Wildman–Crippen MR) is 118 cm³/mol. The van der Waals surface area contributed by atoms with Crippen LogP contribution in [0.2, 0.25) is 0 Å². The maximum atomic E-state index is 12.0. The summed E-state index contributed by atoms with van der Waals surface area (Å²) in [7, 11) is -2.95. The van der Waals surface area contributed by atoms with Gasteiger partial charge >= 0.3 is 0 Å². The second kappa shape index (κ2) is 6.58. The van der Waals surface area contributed by atoms with Crippen LogP contribution < -0.4 is 0 Å². The summed E-state index contributed by atoms with van der Waals surface area (Å²) < 4.78 is 27.9. The second-order valence-corrected chi connectivity index (χ2v) is 10.5. The highest BCUT2D eigenvalue weighted by atomic mass is 32.2. The van der Waals surface area contributed by atoms with Crippen molar-refractivity contribution >= 4 is 26.4 Å². The van der Waals surface area contributed by atoms with Crippen molar-refractivity contribution in [3.05, 3.63) is 54.5 Å². The molecule has 3 aromatic rings. The molecule has 0 amide bonds. The molecular weight excluding hydrogens is 412 g/mol. The lowest BCUT2D eigenvalue weighted by atomic mass is 10.1. The Morgan fingerprint density at radius 2 is 1.87 bits per heavy atom. The van der Waals surface area contributed by atoms with Crippen LogP contribution in [0, 0.1) is 6.92 Å². The third kappa shape index (κ3) is 2.91. The number of aryl methyl sites for hydroxylation is 1. The highest BCUT2D eigenvalue weighted by molar-refractivity contribution is 7.91. The van der Waals surface area contributed by atoms with Gasteiger partial charge in [0.05, 0.1) is 28.8 Å². The number of pyridine rings is 1. The van der Waals surface area contributed by atoms with Crippen LogP contribution in [-0.4, -0.2) is 49.3 Å². The number of rotatable bonds is 2. The fourth-order valence-corrected chi connectivity index (χ4v) is 5.99. The number of nitrogens with zero attached hydrogens (tertiary/aromatic N) is 6. The quantitative estimate of drug-likeness (QED) is 0.425. The number of hydrogen-bond acceptors (Lipinski definition) is 6. The third-order valence-corrected chi connectivity index (χ3v) is 7.87. The molecule has 0 aliphatic carbocycles. The van der Waals surface area contributed by atoms with E-state index in [-0.39, 0.29) is 17.5 Å². The average Bonchev–Trinajstić information content (AvgIpc) is 3.37. The first-order valence-electron chi connectivity index (χ1n) is 10.3. The van der Waals surface area contributed by atoms with Gasteiger partial charge in [-0.3, -0.25) is 4.98 Å². The molecular formula is C22H20N6O2S. The van der Waals surface area contributed by atoms with Crippen LogP contribution >= 0.6 is 0 Å². The maximum absolute atomic E-state index is 12.0. The first-order valence-corrected chi connectivity index (χ1v) is 12.1. The molecule has 8 nitrogen and oxygen atoms in total. The molecule has 2 aromatic heterocycles. The molecule has 156 valence electrons. The topological polar surface area (TPSA) is 95.0 Å². The van der Waals surface area contributed by atoms with Crippen molar-refractivity contribution in [2.75, 3.05) is 11.5 Å². The van der Waals surface area contributed by atoms with E-state index in [9.17, 15) is 8.42 Å². The monoisotopic (exact) mass is 432 g/mol. The molecule has 5 heterocycles. The van der Waals surface area contributed by atoms with Gasteiger partial charge in [-0.25, -0.2) is 8.42 Å². The zero-order chi connectivity index (χ0) is 21.2. The van der Waals surface area contributed by atoms with Crippen molar-refractivity contribution in [3.63, 3.8) is 0 Å². The van der Waals surface area contributed by atoms with E-state index < -0.39 is 9.84 Å². The Morgan fingerprint density at radius 1 is 1.06 bits per heavy atom. The lowest BCUT2D eigenvalue weighted by molar-refractivity contribution is 0.453. The van der Waals surface area contributed by atoms with E-state index in [4.69, 9.17) is 0 Å². The van der Waals surface area contributed by atoms with Crippen LogP contribution in [0.3, 0.4) is 0 Å². The lowest BCUT2D eigenvalue weighted by Crippen LogP contribution is -2.26. The summed E-state index contributed by atoms with van der Waals surface area (Å²) in [5, 5.41) is 14.5. The Morgan fingerprint density at radius 3 is 2.71 bits per heavy atom. The standard InChI is InChI=1S/C22H20N6O2S/c1-14-11-24-28-21-18(13-27(22(14)28)17-6-8-31(29,30)9-7-17)20(25-26-21)16-10-15-4-2-3-5-19(15)23-12-16/h2-5,10-13,17H,6-9H2,1H3. The van der Waals surface area contributed by atoms with Crippen LogP contribution in [0.1, 0.15) is 24.4 Å². The van der Waals surface area contributed by atoms with Gasteiger partial charge in [0.15, 0.2) is 5.82 Å². The molecule has 0 radical (unpaired) electrons. The Bertz CT molecular complexity index is 1520. The van der Waals surface area contributed by atoms with Gasteiger partial charge in [-0.2, -0.15) is 9.61 Å².